The van der Waals surface area contributed by atoms with Crippen LogP contribution in [0.3, 0.4) is 0 Å². The van der Waals surface area contributed by atoms with Crippen molar-refractivity contribution in [1.82, 2.24) is 14.8 Å². The van der Waals surface area contributed by atoms with Gasteiger partial charge >= 0.3 is 5.97 Å². The number of benzene rings is 2. The largest absolute Gasteiger partial charge is 0.494 e. The number of carbonyl (C=O) groups excluding carboxylic acids is 1. The van der Waals surface area contributed by atoms with E-state index in [1.165, 1.54) is 5.56 Å². The number of carbonyl (C=O) groups is 1. The highest BCUT2D eigenvalue weighted by Crippen LogP contribution is 2.40. The van der Waals surface area contributed by atoms with Crippen LogP contribution in [-0.4, -0.2) is 33.9 Å². The van der Waals surface area contributed by atoms with E-state index in [4.69, 9.17) is 14.6 Å². The van der Waals surface area contributed by atoms with Crippen LogP contribution in [-0.2, 0) is 15.3 Å². The molecule has 0 unspecified atom stereocenters. The fraction of sp³-hybridized carbons (Fsp3) is 0.292. The monoisotopic (exact) mass is 450 g/mol. The van der Waals surface area contributed by atoms with Crippen LogP contribution in [0, 0.1) is 0 Å². The van der Waals surface area contributed by atoms with Crippen molar-refractivity contribution in [1.29, 1.82) is 0 Å². The zero-order valence-electron chi connectivity index (χ0n) is 18.4. The van der Waals surface area contributed by atoms with Crippen LogP contribution in [0.15, 0.2) is 71.0 Å². The van der Waals surface area contributed by atoms with E-state index < -0.39 is 6.04 Å². The molecule has 166 valence electrons. The number of para-hydroxylation sites is 1. The van der Waals surface area contributed by atoms with Gasteiger partial charge in [0.15, 0.2) is 0 Å². The predicted octanol–water partition coefficient (Wildman–Crippen LogP) is 4.82. The molecule has 0 radical (unpaired) electrons. The van der Waals surface area contributed by atoms with E-state index in [2.05, 4.69) is 22.4 Å². The van der Waals surface area contributed by atoms with Crippen LogP contribution >= 0.6 is 11.8 Å². The Labute approximate surface area is 191 Å². The Morgan fingerprint density at radius 2 is 1.84 bits per heavy atom. The number of esters is 1. The van der Waals surface area contributed by atoms with Crippen LogP contribution in [0.5, 0.6) is 5.75 Å². The summed E-state index contributed by atoms with van der Waals surface area (Å²) in [7, 11) is 0. The van der Waals surface area contributed by atoms with E-state index in [0.29, 0.717) is 34.7 Å². The molecular formula is C24H26N4O3S. The van der Waals surface area contributed by atoms with Gasteiger partial charge < -0.3 is 14.8 Å². The van der Waals surface area contributed by atoms with Gasteiger partial charge in [0.25, 0.3) is 0 Å². The maximum absolute atomic E-state index is 13.0. The lowest BCUT2D eigenvalue weighted by Gasteiger charge is -2.29. The van der Waals surface area contributed by atoms with E-state index in [0.717, 1.165) is 11.3 Å². The number of hydrogen-bond donors (Lipinski definition) is 1. The summed E-state index contributed by atoms with van der Waals surface area (Å²) in [6.07, 6.45) is 0. The van der Waals surface area contributed by atoms with E-state index >= 15 is 0 Å². The van der Waals surface area contributed by atoms with Crippen molar-refractivity contribution < 1.29 is 14.3 Å². The molecule has 0 bridgehead atoms. The first-order valence-corrected chi connectivity index (χ1v) is 11.6. The number of aromatic nitrogens is 3. The van der Waals surface area contributed by atoms with Crippen LogP contribution < -0.4 is 10.1 Å². The van der Waals surface area contributed by atoms with Crippen molar-refractivity contribution in [2.24, 2.45) is 0 Å². The van der Waals surface area contributed by atoms with Gasteiger partial charge in [-0.15, -0.1) is 5.10 Å². The first-order chi connectivity index (χ1) is 15.6. The number of thioether (sulfide) groups is 1. The van der Waals surface area contributed by atoms with Crippen LogP contribution in [0.25, 0.3) is 0 Å². The highest BCUT2D eigenvalue weighted by atomic mass is 32.2. The number of hydrogen-bond acceptors (Lipinski definition) is 7. The molecule has 32 heavy (non-hydrogen) atoms. The molecule has 0 saturated carbocycles. The van der Waals surface area contributed by atoms with Crippen molar-refractivity contribution in [3.05, 3.63) is 77.0 Å². The highest BCUT2D eigenvalue weighted by molar-refractivity contribution is 7.98. The molecular weight excluding hydrogens is 424 g/mol. The van der Waals surface area contributed by atoms with Gasteiger partial charge in [0, 0.05) is 17.0 Å². The Bertz CT molecular complexity index is 1130. The molecule has 1 aliphatic rings. The Hall–Kier alpha value is -3.26. The lowest BCUT2D eigenvalue weighted by Crippen LogP contribution is -2.30. The molecule has 1 atom stereocenters. The van der Waals surface area contributed by atoms with Gasteiger partial charge in [-0.25, -0.2) is 9.48 Å². The molecule has 0 aliphatic carbocycles. The van der Waals surface area contributed by atoms with Gasteiger partial charge in [-0.05, 0) is 32.4 Å². The van der Waals surface area contributed by atoms with Gasteiger partial charge in [-0.1, -0.05) is 60.3 Å². The first kappa shape index (κ1) is 22.0. The van der Waals surface area contributed by atoms with Crippen LogP contribution in [0.1, 0.15) is 37.9 Å². The minimum atomic E-state index is -0.508. The normalized spacial score (nSPS) is 15.2. The lowest BCUT2D eigenvalue weighted by atomic mass is 9.95. The molecule has 1 N–H and O–H groups in total. The quantitative estimate of drug-likeness (QED) is 0.389. The summed E-state index contributed by atoms with van der Waals surface area (Å²) in [6.45, 7) is 6.40. The molecule has 1 aromatic heterocycles. The standard InChI is InChI=1S/C24H26N4O3S/c1-4-30-19-14-10-9-13-18(19)21-20(22(29)31-5-2)16(3)25-23-26-24(27-28(21)23)32-15-17-11-7-6-8-12-17/h6-14,21H,4-5,15H2,1-3H3,(H,25,26,27)/t21-/m0/s1. The Morgan fingerprint density at radius 3 is 2.59 bits per heavy atom. The van der Waals surface area contributed by atoms with Crippen molar-refractivity contribution in [3.8, 4) is 5.75 Å². The first-order valence-electron chi connectivity index (χ1n) is 10.6. The number of allylic oxidation sites excluding steroid dienone is 1. The Morgan fingerprint density at radius 1 is 1.09 bits per heavy atom. The fourth-order valence-electron chi connectivity index (χ4n) is 3.67. The average Bonchev–Trinajstić information content (AvgIpc) is 3.21. The molecule has 1 aliphatic heterocycles. The second kappa shape index (κ2) is 9.91. The number of rotatable bonds is 8. The molecule has 3 aromatic rings. The van der Waals surface area contributed by atoms with E-state index in [9.17, 15) is 4.79 Å². The molecule has 4 rings (SSSR count). The number of fused-ring (bicyclic) bond motifs is 1. The number of anilines is 1. The van der Waals surface area contributed by atoms with Crippen LogP contribution in [0.2, 0.25) is 0 Å². The van der Waals surface area contributed by atoms with E-state index in [1.54, 1.807) is 23.4 Å². The maximum atomic E-state index is 13.0. The minimum Gasteiger partial charge on any atom is -0.494 e. The Kier molecular flexibility index (Phi) is 6.80. The van der Waals surface area contributed by atoms with Gasteiger partial charge in [-0.3, -0.25) is 0 Å². The number of nitrogens with one attached hydrogen (secondary N) is 1. The molecule has 0 amide bonds. The average molecular weight is 451 g/mol. The SMILES string of the molecule is CCOC(=O)C1=C(C)Nc2nc(SCc3ccccc3)nn2[C@H]1c1ccccc1OCC. The van der Waals surface area contributed by atoms with Crippen molar-refractivity contribution in [2.45, 2.75) is 37.7 Å². The third-order valence-electron chi connectivity index (χ3n) is 5.05. The van der Waals surface area contributed by atoms with E-state index in [-0.39, 0.29) is 12.6 Å². The molecule has 2 aromatic carbocycles. The van der Waals surface area contributed by atoms with Crippen LogP contribution in [0.4, 0.5) is 5.95 Å². The van der Waals surface area contributed by atoms with Crippen molar-refractivity contribution in [2.75, 3.05) is 18.5 Å². The summed E-state index contributed by atoms with van der Waals surface area (Å²) >= 11 is 1.55. The third-order valence-corrected chi connectivity index (χ3v) is 5.96. The molecule has 7 nitrogen and oxygen atoms in total. The zero-order chi connectivity index (χ0) is 22.5. The lowest BCUT2D eigenvalue weighted by molar-refractivity contribution is -0.139. The summed E-state index contributed by atoms with van der Waals surface area (Å²) in [5.41, 5.74) is 3.22. The summed E-state index contributed by atoms with van der Waals surface area (Å²) in [4.78, 5) is 17.6. The summed E-state index contributed by atoms with van der Waals surface area (Å²) in [5, 5.41) is 8.63. The van der Waals surface area contributed by atoms with Crippen molar-refractivity contribution >= 4 is 23.7 Å². The summed E-state index contributed by atoms with van der Waals surface area (Å²) in [5.74, 6) is 1.66. The second-order valence-electron chi connectivity index (χ2n) is 7.19. The van der Waals surface area contributed by atoms with Gasteiger partial charge in [-0.2, -0.15) is 4.98 Å². The molecule has 8 heteroatoms. The highest BCUT2D eigenvalue weighted by Gasteiger charge is 2.36. The third kappa shape index (κ3) is 4.50. The predicted molar refractivity (Wildman–Crippen MR) is 125 cm³/mol. The molecule has 2 heterocycles. The molecule has 0 fully saturated rings. The minimum absolute atomic E-state index is 0.290. The topological polar surface area (TPSA) is 78.3 Å². The van der Waals surface area contributed by atoms with Gasteiger partial charge in [0.1, 0.15) is 11.8 Å². The summed E-state index contributed by atoms with van der Waals surface area (Å²) in [6, 6.07) is 17.4. The fourth-order valence-corrected chi connectivity index (χ4v) is 4.45. The number of nitrogens with zero attached hydrogens (tertiary/aromatic N) is 3. The summed E-state index contributed by atoms with van der Waals surface area (Å²) < 4.78 is 13.0. The maximum Gasteiger partial charge on any atom is 0.338 e. The second-order valence-corrected chi connectivity index (χ2v) is 8.14. The number of ether oxygens (including phenoxy) is 2. The smallest absolute Gasteiger partial charge is 0.338 e. The zero-order valence-corrected chi connectivity index (χ0v) is 19.2. The Balaban J connectivity index is 1.74. The molecule has 0 saturated heterocycles. The van der Waals surface area contributed by atoms with Gasteiger partial charge in [0.05, 0.1) is 18.8 Å². The van der Waals surface area contributed by atoms with Gasteiger partial charge in [0.2, 0.25) is 11.1 Å². The molecule has 0 spiro atoms. The van der Waals surface area contributed by atoms with Crippen molar-refractivity contribution in [3.63, 3.8) is 0 Å². The van der Waals surface area contributed by atoms with E-state index in [1.807, 2.05) is 56.3 Å².